The lowest BCUT2D eigenvalue weighted by atomic mass is 9.80. The summed E-state index contributed by atoms with van der Waals surface area (Å²) in [5.74, 6) is 0.878. The van der Waals surface area contributed by atoms with Gasteiger partial charge in [-0.05, 0) is 37.6 Å². The second-order valence-corrected chi connectivity index (χ2v) is 6.64. The van der Waals surface area contributed by atoms with Crippen molar-refractivity contribution < 1.29 is 4.79 Å². The average molecular weight is 254 g/mol. The zero-order valence-electron chi connectivity index (χ0n) is 12.8. The predicted octanol–water partition coefficient (Wildman–Crippen LogP) is 2.66. The summed E-state index contributed by atoms with van der Waals surface area (Å²) in [6, 6.07) is 0.598. The molecule has 1 amide bonds. The van der Waals surface area contributed by atoms with Gasteiger partial charge in [0.05, 0.1) is 0 Å². The predicted molar refractivity (Wildman–Crippen MR) is 76.5 cm³/mol. The fraction of sp³-hybridized carbons (Fsp3) is 0.933. The lowest BCUT2D eigenvalue weighted by Gasteiger charge is -2.26. The molecule has 1 N–H and O–H groups in total. The Labute approximate surface area is 112 Å². The number of hydrogen-bond donors (Lipinski definition) is 1. The molecule has 0 bridgehead atoms. The van der Waals surface area contributed by atoms with Gasteiger partial charge in [-0.2, -0.15) is 0 Å². The molecule has 1 fully saturated rings. The number of likely N-dealkylation sites (tertiary alicyclic amines) is 1. The summed E-state index contributed by atoms with van der Waals surface area (Å²) < 4.78 is 0. The molecular weight excluding hydrogens is 224 g/mol. The van der Waals surface area contributed by atoms with E-state index in [4.69, 9.17) is 0 Å². The molecular formula is C15H30N2O. The highest BCUT2D eigenvalue weighted by molar-refractivity contribution is 5.78. The van der Waals surface area contributed by atoms with E-state index in [2.05, 4.69) is 37.9 Å². The summed E-state index contributed by atoms with van der Waals surface area (Å²) in [6.07, 6.45) is 4.18. The van der Waals surface area contributed by atoms with Gasteiger partial charge in [0.15, 0.2) is 0 Å². The zero-order valence-corrected chi connectivity index (χ0v) is 12.8. The summed E-state index contributed by atoms with van der Waals surface area (Å²) in [5, 5.41) is 3.32. The first-order valence-electron chi connectivity index (χ1n) is 7.33. The largest absolute Gasteiger partial charge is 0.342 e. The van der Waals surface area contributed by atoms with Crippen LogP contribution in [0.25, 0.3) is 0 Å². The van der Waals surface area contributed by atoms with Gasteiger partial charge in [0.1, 0.15) is 0 Å². The Hall–Kier alpha value is -0.570. The molecule has 1 rings (SSSR count). The number of nitrogens with zero attached hydrogens (tertiary/aromatic N) is 1. The summed E-state index contributed by atoms with van der Waals surface area (Å²) in [5.41, 5.74) is 0.251. The number of amides is 1. The number of carbonyl (C=O) groups excluding carboxylic acids is 1. The van der Waals surface area contributed by atoms with E-state index in [9.17, 15) is 4.79 Å². The minimum absolute atomic E-state index is 0.251. The van der Waals surface area contributed by atoms with Crippen LogP contribution in [0.5, 0.6) is 0 Å². The van der Waals surface area contributed by atoms with Gasteiger partial charge in [0.2, 0.25) is 5.91 Å². The van der Waals surface area contributed by atoms with E-state index in [1.54, 1.807) is 0 Å². The van der Waals surface area contributed by atoms with Gasteiger partial charge in [-0.15, -0.1) is 0 Å². The summed E-state index contributed by atoms with van der Waals surface area (Å²) in [6.45, 7) is 10.8. The third kappa shape index (κ3) is 4.27. The first-order chi connectivity index (χ1) is 8.38. The normalized spacial score (nSPS) is 22.6. The highest BCUT2D eigenvalue weighted by Gasteiger charge is 2.36. The molecule has 18 heavy (non-hydrogen) atoms. The maximum Gasteiger partial charge on any atom is 0.222 e. The topological polar surface area (TPSA) is 32.3 Å². The fourth-order valence-electron chi connectivity index (χ4n) is 2.65. The van der Waals surface area contributed by atoms with Crippen molar-refractivity contribution in [1.29, 1.82) is 0 Å². The second-order valence-electron chi connectivity index (χ2n) is 6.64. The Morgan fingerprint density at radius 2 is 2.11 bits per heavy atom. The number of hydrogen-bond acceptors (Lipinski definition) is 2. The third-order valence-electron chi connectivity index (χ3n) is 4.32. The van der Waals surface area contributed by atoms with Gasteiger partial charge < -0.3 is 10.2 Å². The van der Waals surface area contributed by atoms with Gasteiger partial charge in [-0.25, -0.2) is 0 Å². The Morgan fingerprint density at radius 1 is 1.44 bits per heavy atom. The molecule has 1 saturated heterocycles. The van der Waals surface area contributed by atoms with Crippen molar-refractivity contribution >= 4 is 5.91 Å². The summed E-state index contributed by atoms with van der Waals surface area (Å²) in [4.78, 5) is 14.0. The van der Waals surface area contributed by atoms with Crippen molar-refractivity contribution in [3.8, 4) is 0 Å². The minimum atomic E-state index is 0.251. The van der Waals surface area contributed by atoms with Crippen LogP contribution in [0.3, 0.4) is 0 Å². The van der Waals surface area contributed by atoms with E-state index >= 15 is 0 Å². The summed E-state index contributed by atoms with van der Waals surface area (Å²) >= 11 is 0. The van der Waals surface area contributed by atoms with E-state index < -0.39 is 0 Å². The van der Waals surface area contributed by atoms with Gasteiger partial charge in [-0.1, -0.05) is 27.7 Å². The van der Waals surface area contributed by atoms with Crippen molar-refractivity contribution in [1.82, 2.24) is 10.2 Å². The Morgan fingerprint density at radius 3 is 2.56 bits per heavy atom. The minimum Gasteiger partial charge on any atom is -0.342 e. The Balaban J connectivity index is 2.34. The number of carbonyl (C=O) groups is 1. The van der Waals surface area contributed by atoms with Gasteiger partial charge in [0.25, 0.3) is 0 Å². The van der Waals surface area contributed by atoms with Crippen LogP contribution in [0.1, 0.15) is 53.4 Å². The quantitative estimate of drug-likeness (QED) is 0.790. The lowest BCUT2D eigenvalue weighted by molar-refractivity contribution is -0.127. The van der Waals surface area contributed by atoms with Crippen molar-refractivity contribution in [3.05, 3.63) is 0 Å². The molecule has 0 aliphatic carbocycles. The number of nitrogens with one attached hydrogen (secondary N) is 1. The standard InChI is InChI=1S/C15H30N2O/c1-6-13(16-5)8-7-9-17-11-12(10-14(17)18)15(2,3)4/h12-13,16H,6-11H2,1-5H3. The van der Waals surface area contributed by atoms with E-state index in [-0.39, 0.29) is 5.41 Å². The maximum atomic E-state index is 12.0. The Bertz CT molecular complexity index is 266. The number of rotatable bonds is 6. The molecule has 0 spiro atoms. The van der Waals surface area contributed by atoms with Gasteiger partial charge in [-0.3, -0.25) is 4.79 Å². The molecule has 106 valence electrons. The molecule has 0 aromatic rings. The second kappa shape index (κ2) is 6.55. The highest BCUT2D eigenvalue weighted by Crippen LogP contribution is 2.34. The molecule has 0 aromatic carbocycles. The van der Waals surface area contributed by atoms with Crippen LogP contribution in [0.2, 0.25) is 0 Å². The van der Waals surface area contributed by atoms with E-state index in [1.807, 2.05) is 7.05 Å². The lowest BCUT2D eigenvalue weighted by Crippen LogP contribution is -2.30. The SMILES string of the molecule is CCC(CCCN1CC(C(C)(C)C)CC1=O)NC. The van der Waals surface area contributed by atoms with Crippen LogP contribution in [0.4, 0.5) is 0 Å². The van der Waals surface area contributed by atoms with Crippen molar-refractivity contribution in [2.45, 2.75) is 59.4 Å². The van der Waals surface area contributed by atoms with Crippen LogP contribution in [-0.2, 0) is 4.79 Å². The smallest absolute Gasteiger partial charge is 0.222 e. The van der Waals surface area contributed by atoms with Crippen molar-refractivity contribution in [3.63, 3.8) is 0 Å². The molecule has 2 atom stereocenters. The molecule has 3 nitrogen and oxygen atoms in total. The van der Waals surface area contributed by atoms with Crippen LogP contribution in [0.15, 0.2) is 0 Å². The third-order valence-corrected chi connectivity index (χ3v) is 4.32. The van der Waals surface area contributed by atoms with Gasteiger partial charge in [0, 0.05) is 25.6 Å². The maximum absolute atomic E-state index is 12.0. The molecule has 0 radical (unpaired) electrons. The summed E-state index contributed by atoms with van der Waals surface area (Å²) in [7, 11) is 2.02. The van der Waals surface area contributed by atoms with Crippen LogP contribution < -0.4 is 5.32 Å². The molecule has 3 heteroatoms. The van der Waals surface area contributed by atoms with E-state index in [0.29, 0.717) is 17.9 Å². The molecule has 1 aliphatic rings. The molecule has 1 aliphatic heterocycles. The fourth-order valence-corrected chi connectivity index (χ4v) is 2.65. The Kier molecular flexibility index (Phi) is 5.64. The molecule has 0 saturated carbocycles. The van der Waals surface area contributed by atoms with Crippen molar-refractivity contribution in [2.24, 2.45) is 11.3 Å². The van der Waals surface area contributed by atoms with E-state index in [1.165, 1.54) is 0 Å². The van der Waals surface area contributed by atoms with Crippen LogP contribution >= 0.6 is 0 Å². The monoisotopic (exact) mass is 254 g/mol. The van der Waals surface area contributed by atoms with Crippen LogP contribution in [-0.4, -0.2) is 37.0 Å². The van der Waals surface area contributed by atoms with Gasteiger partial charge >= 0.3 is 0 Å². The van der Waals surface area contributed by atoms with E-state index in [0.717, 1.165) is 38.8 Å². The molecule has 2 unspecified atom stereocenters. The van der Waals surface area contributed by atoms with Crippen LogP contribution in [0, 0.1) is 11.3 Å². The molecule has 1 heterocycles. The highest BCUT2D eigenvalue weighted by atomic mass is 16.2. The average Bonchev–Trinajstić information content (AvgIpc) is 2.66. The first kappa shape index (κ1) is 15.5. The first-order valence-corrected chi connectivity index (χ1v) is 7.33. The zero-order chi connectivity index (χ0) is 13.8. The molecule has 0 aromatic heterocycles. The van der Waals surface area contributed by atoms with Crippen molar-refractivity contribution in [2.75, 3.05) is 20.1 Å².